The second-order valence-corrected chi connectivity index (χ2v) is 8.28. The van der Waals surface area contributed by atoms with Crippen molar-refractivity contribution in [3.63, 3.8) is 0 Å². The molecule has 0 unspecified atom stereocenters. The average molecular weight is 394 g/mol. The van der Waals surface area contributed by atoms with Crippen molar-refractivity contribution in [1.82, 2.24) is 24.2 Å². The molecule has 1 saturated carbocycles. The van der Waals surface area contributed by atoms with Crippen molar-refractivity contribution in [2.45, 2.75) is 51.9 Å². The Labute approximate surface area is 171 Å². The maximum Gasteiger partial charge on any atom is 0.199 e. The van der Waals surface area contributed by atoms with E-state index in [4.69, 9.17) is 17.3 Å². The molecule has 0 N–H and O–H groups in total. The molecule has 0 bridgehead atoms. The SMILES string of the molecule is CC(C)c1ccc(CN(Cn2nc(-c3ccncc3)n(C)c2=S)C2CC2)cc1. The number of rotatable bonds is 7. The molecule has 1 fully saturated rings. The average Bonchev–Trinajstić information content (AvgIpc) is 3.51. The first-order valence-electron chi connectivity index (χ1n) is 9.90. The Morgan fingerprint density at radius 1 is 1.11 bits per heavy atom. The van der Waals surface area contributed by atoms with E-state index in [0.717, 1.165) is 22.7 Å². The van der Waals surface area contributed by atoms with E-state index in [1.165, 1.54) is 24.0 Å². The molecule has 146 valence electrons. The summed E-state index contributed by atoms with van der Waals surface area (Å²) in [5.41, 5.74) is 3.76. The summed E-state index contributed by atoms with van der Waals surface area (Å²) in [5.74, 6) is 1.44. The zero-order valence-electron chi connectivity index (χ0n) is 16.7. The van der Waals surface area contributed by atoms with Gasteiger partial charge in [0.05, 0.1) is 6.67 Å². The quantitative estimate of drug-likeness (QED) is 0.543. The summed E-state index contributed by atoms with van der Waals surface area (Å²) in [5, 5.41) is 4.81. The molecule has 0 saturated heterocycles. The normalized spacial score (nSPS) is 14.2. The molecule has 0 amide bonds. The van der Waals surface area contributed by atoms with Crippen molar-refractivity contribution in [3.05, 3.63) is 64.7 Å². The van der Waals surface area contributed by atoms with Gasteiger partial charge in [-0.2, -0.15) is 5.10 Å². The third-order valence-corrected chi connectivity index (χ3v) is 5.87. The summed E-state index contributed by atoms with van der Waals surface area (Å²) in [4.78, 5) is 6.58. The van der Waals surface area contributed by atoms with Gasteiger partial charge in [-0.15, -0.1) is 0 Å². The van der Waals surface area contributed by atoms with Gasteiger partial charge in [0.2, 0.25) is 0 Å². The molecular formula is C22H27N5S. The third-order valence-electron chi connectivity index (χ3n) is 5.39. The van der Waals surface area contributed by atoms with Crippen molar-refractivity contribution >= 4 is 12.2 Å². The number of hydrogen-bond donors (Lipinski definition) is 0. The summed E-state index contributed by atoms with van der Waals surface area (Å²) in [6.07, 6.45) is 6.08. The van der Waals surface area contributed by atoms with Gasteiger partial charge in [-0.25, -0.2) is 4.68 Å². The van der Waals surface area contributed by atoms with Crippen LogP contribution in [0.15, 0.2) is 48.8 Å². The van der Waals surface area contributed by atoms with E-state index in [9.17, 15) is 0 Å². The van der Waals surface area contributed by atoms with Gasteiger partial charge in [-0.05, 0) is 54.2 Å². The van der Waals surface area contributed by atoms with Crippen molar-refractivity contribution in [2.75, 3.05) is 0 Å². The van der Waals surface area contributed by atoms with Gasteiger partial charge < -0.3 is 4.57 Å². The van der Waals surface area contributed by atoms with Crippen LogP contribution < -0.4 is 0 Å². The molecule has 0 aliphatic heterocycles. The lowest BCUT2D eigenvalue weighted by Gasteiger charge is -2.22. The first-order chi connectivity index (χ1) is 13.5. The predicted molar refractivity (Wildman–Crippen MR) is 114 cm³/mol. The zero-order chi connectivity index (χ0) is 19.7. The van der Waals surface area contributed by atoms with E-state index in [1.807, 2.05) is 28.4 Å². The van der Waals surface area contributed by atoms with E-state index in [2.05, 4.69) is 48.0 Å². The van der Waals surface area contributed by atoms with Gasteiger partial charge in [-0.1, -0.05) is 38.1 Å². The van der Waals surface area contributed by atoms with Crippen molar-refractivity contribution < 1.29 is 0 Å². The van der Waals surface area contributed by atoms with Gasteiger partial charge >= 0.3 is 0 Å². The van der Waals surface area contributed by atoms with E-state index in [1.54, 1.807) is 12.4 Å². The monoisotopic (exact) mass is 393 g/mol. The van der Waals surface area contributed by atoms with Crippen LogP contribution in [0.25, 0.3) is 11.4 Å². The number of nitrogens with zero attached hydrogens (tertiary/aromatic N) is 5. The Hall–Kier alpha value is -2.31. The van der Waals surface area contributed by atoms with Crippen LogP contribution >= 0.6 is 12.2 Å². The topological polar surface area (TPSA) is 38.9 Å². The Kier molecular flexibility index (Phi) is 5.42. The maximum atomic E-state index is 5.67. The molecule has 1 aliphatic carbocycles. The third kappa shape index (κ3) is 4.08. The molecule has 2 aromatic heterocycles. The summed E-state index contributed by atoms with van der Waals surface area (Å²) in [7, 11) is 1.98. The summed E-state index contributed by atoms with van der Waals surface area (Å²) < 4.78 is 4.67. The van der Waals surface area contributed by atoms with E-state index in [-0.39, 0.29) is 0 Å². The first-order valence-corrected chi connectivity index (χ1v) is 10.3. The van der Waals surface area contributed by atoms with Gasteiger partial charge in [0, 0.05) is 37.6 Å². The summed E-state index contributed by atoms with van der Waals surface area (Å²) in [6, 6.07) is 13.6. The van der Waals surface area contributed by atoms with Crippen LogP contribution in [0, 0.1) is 4.77 Å². The highest BCUT2D eigenvalue weighted by atomic mass is 32.1. The molecule has 1 aliphatic rings. The fraction of sp³-hybridized carbons (Fsp3) is 0.409. The fourth-order valence-corrected chi connectivity index (χ4v) is 3.67. The number of aromatic nitrogens is 4. The minimum Gasteiger partial charge on any atom is -0.303 e. The number of benzene rings is 1. The highest BCUT2D eigenvalue weighted by Crippen LogP contribution is 2.29. The Morgan fingerprint density at radius 2 is 1.79 bits per heavy atom. The Morgan fingerprint density at radius 3 is 2.39 bits per heavy atom. The largest absolute Gasteiger partial charge is 0.303 e. The van der Waals surface area contributed by atoms with Gasteiger partial charge in [0.15, 0.2) is 10.6 Å². The molecule has 0 radical (unpaired) electrons. The van der Waals surface area contributed by atoms with Crippen LogP contribution in [-0.4, -0.2) is 30.3 Å². The first kappa shape index (κ1) is 19.0. The molecule has 0 atom stereocenters. The van der Waals surface area contributed by atoms with E-state index >= 15 is 0 Å². The maximum absolute atomic E-state index is 5.67. The smallest absolute Gasteiger partial charge is 0.199 e. The van der Waals surface area contributed by atoms with Crippen LogP contribution in [0.5, 0.6) is 0 Å². The standard InChI is InChI=1S/C22H27N5S/c1-16(2)18-6-4-17(5-7-18)14-26(20-8-9-20)15-27-22(28)25(3)21(24-27)19-10-12-23-13-11-19/h4-7,10-13,16,20H,8-9,14-15H2,1-3H3. The minimum absolute atomic E-state index is 0.562. The lowest BCUT2D eigenvalue weighted by atomic mass is 10.0. The Bertz CT molecular complexity index is 984. The molecule has 4 rings (SSSR count). The zero-order valence-corrected chi connectivity index (χ0v) is 17.6. The molecule has 3 aromatic rings. The second-order valence-electron chi connectivity index (χ2n) is 7.92. The van der Waals surface area contributed by atoms with E-state index < -0.39 is 0 Å². The summed E-state index contributed by atoms with van der Waals surface area (Å²) >= 11 is 5.67. The van der Waals surface area contributed by atoms with Crippen LogP contribution in [0.1, 0.15) is 43.7 Å². The number of pyridine rings is 1. The fourth-order valence-electron chi connectivity index (χ4n) is 3.48. The van der Waals surface area contributed by atoms with Gasteiger partial charge in [0.25, 0.3) is 0 Å². The molecular weight excluding hydrogens is 366 g/mol. The molecule has 5 nitrogen and oxygen atoms in total. The molecule has 1 aromatic carbocycles. The molecule has 28 heavy (non-hydrogen) atoms. The van der Waals surface area contributed by atoms with Crippen LogP contribution in [0.2, 0.25) is 0 Å². The Balaban J connectivity index is 1.55. The molecule has 2 heterocycles. The molecule has 6 heteroatoms. The van der Waals surface area contributed by atoms with Crippen LogP contribution in [0.3, 0.4) is 0 Å². The van der Waals surface area contributed by atoms with Crippen LogP contribution in [0.4, 0.5) is 0 Å². The van der Waals surface area contributed by atoms with Gasteiger partial charge in [0.1, 0.15) is 0 Å². The second kappa shape index (κ2) is 7.97. The van der Waals surface area contributed by atoms with Crippen molar-refractivity contribution in [1.29, 1.82) is 0 Å². The predicted octanol–water partition coefficient (Wildman–Crippen LogP) is 4.76. The number of hydrogen-bond acceptors (Lipinski definition) is 4. The molecule has 0 spiro atoms. The van der Waals surface area contributed by atoms with Crippen molar-refractivity contribution in [3.8, 4) is 11.4 Å². The van der Waals surface area contributed by atoms with Crippen LogP contribution in [-0.2, 0) is 20.3 Å². The summed E-state index contributed by atoms with van der Waals surface area (Å²) in [6.45, 7) is 6.10. The lowest BCUT2D eigenvalue weighted by Crippen LogP contribution is -2.29. The van der Waals surface area contributed by atoms with Gasteiger partial charge in [-0.3, -0.25) is 9.88 Å². The highest BCUT2D eigenvalue weighted by Gasteiger charge is 2.29. The lowest BCUT2D eigenvalue weighted by molar-refractivity contribution is 0.186. The highest BCUT2D eigenvalue weighted by molar-refractivity contribution is 7.71. The van der Waals surface area contributed by atoms with E-state index in [0.29, 0.717) is 18.6 Å². The minimum atomic E-state index is 0.562. The van der Waals surface area contributed by atoms with Crippen molar-refractivity contribution in [2.24, 2.45) is 7.05 Å².